The van der Waals surface area contributed by atoms with Crippen LogP contribution in [0.25, 0.3) is 33.5 Å². The van der Waals surface area contributed by atoms with Crippen molar-refractivity contribution < 1.29 is 4.39 Å². The third-order valence-corrected chi connectivity index (χ3v) is 5.10. The molecule has 0 aliphatic carbocycles. The number of aryl methyl sites for hydroxylation is 1. The van der Waals surface area contributed by atoms with Gasteiger partial charge in [0.15, 0.2) is 0 Å². The lowest BCUT2D eigenvalue weighted by Gasteiger charge is -2.07. The summed E-state index contributed by atoms with van der Waals surface area (Å²) < 4.78 is 15.5. The first-order chi connectivity index (χ1) is 14.4. The second-order valence-corrected chi connectivity index (χ2v) is 7.03. The number of benzene rings is 2. The maximum atomic E-state index is 13.9. The highest BCUT2D eigenvalue weighted by molar-refractivity contribution is 6.30. The number of nitrogens with zero attached hydrogens (tertiary/aromatic N) is 4. The first-order valence-electron chi connectivity index (χ1n) is 8.83. The molecule has 0 spiro atoms. The van der Waals surface area contributed by atoms with Crippen LogP contribution >= 0.6 is 11.6 Å². The molecule has 0 saturated carbocycles. The van der Waals surface area contributed by atoms with Gasteiger partial charge in [-0.1, -0.05) is 23.7 Å². The molecule has 0 bridgehead atoms. The zero-order valence-electron chi connectivity index (χ0n) is 15.8. The van der Waals surface area contributed by atoms with E-state index in [1.54, 1.807) is 42.2 Å². The summed E-state index contributed by atoms with van der Waals surface area (Å²) in [5.74, 6) is -0.601. The van der Waals surface area contributed by atoms with Crippen LogP contribution in [0.15, 0.2) is 47.4 Å². The van der Waals surface area contributed by atoms with E-state index in [-0.39, 0.29) is 16.2 Å². The molecule has 1 N–H and O–H groups in total. The molecule has 30 heavy (non-hydrogen) atoms. The Labute approximate surface area is 175 Å². The molecule has 0 fully saturated rings. The van der Waals surface area contributed by atoms with E-state index in [0.29, 0.717) is 27.7 Å². The highest BCUT2D eigenvalue weighted by atomic mass is 35.5. The third-order valence-electron chi connectivity index (χ3n) is 4.80. The molecule has 2 heterocycles. The Balaban J connectivity index is 1.88. The highest BCUT2D eigenvalue weighted by Crippen LogP contribution is 2.30. The summed E-state index contributed by atoms with van der Waals surface area (Å²) in [6.07, 6.45) is 3.30. The van der Waals surface area contributed by atoms with E-state index in [1.807, 2.05) is 6.07 Å². The minimum Gasteiger partial charge on any atom is -0.268 e. The molecule has 1 radical (unpaired) electrons. The number of nitriles is 1. The van der Waals surface area contributed by atoms with Crippen LogP contribution in [0, 0.1) is 24.1 Å². The van der Waals surface area contributed by atoms with Crippen LogP contribution in [-0.2, 0) is 7.05 Å². The molecule has 0 aliphatic heterocycles. The molecule has 4 aromatic rings. The van der Waals surface area contributed by atoms with Crippen molar-refractivity contribution in [3.63, 3.8) is 0 Å². The second kappa shape index (κ2) is 7.58. The van der Waals surface area contributed by atoms with Gasteiger partial charge in [-0.15, -0.1) is 0 Å². The quantitative estimate of drug-likeness (QED) is 0.501. The number of allylic oxidation sites excluding steroid dienone is 1. The van der Waals surface area contributed by atoms with E-state index >= 15 is 0 Å². The SMILES string of the molecule is [CH2]c1n[nH]c(=O)c2ccc(-c3cnn(C)c3C=C(C#N)c3ccc(Cl)c(F)c3)cc12. The first kappa shape index (κ1) is 19.6. The lowest BCUT2D eigenvalue weighted by atomic mass is 9.99. The smallest absolute Gasteiger partial charge is 0.268 e. The predicted octanol–water partition coefficient (Wildman–Crippen LogP) is 4.36. The number of fused-ring (bicyclic) bond motifs is 1. The van der Waals surface area contributed by atoms with E-state index in [4.69, 9.17) is 11.6 Å². The molecule has 8 heteroatoms. The van der Waals surface area contributed by atoms with Crippen molar-refractivity contribution in [3.8, 4) is 17.2 Å². The van der Waals surface area contributed by atoms with E-state index in [2.05, 4.69) is 28.3 Å². The number of aromatic nitrogens is 4. The van der Waals surface area contributed by atoms with Gasteiger partial charge in [0, 0.05) is 18.0 Å². The molecule has 0 unspecified atom stereocenters. The standard InChI is InChI=1S/C22H14ClFN5O/c1-12-17-7-14(3-5-16(17)22(30)28-27-12)18-11-26-29(2)21(18)9-15(10-25)13-4-6-19(23)20(24)8-13/h3-9,11H,1H2,2H3,(H,28,30). The van der Waals surface area contributed by atoms with Gasteiger partial charge in [0.05, 0.1) is 39.6 Å². The zero-order chi connectivity index (χ0) is 21.4. The molecule has 2 aromatic heterocycles. The van der Waals surface area contributed by atoms with Crippen molar-refractivity contribution >= 4 is 34.0 Å². The van der Waals surface area contributed by atoms with Crippen molar-refractivity contribution in [1.29, 1.82) is 5.26 Å². The van der Waals surface area contributed by atoms with Gasteiger partial charge in [-0.25, -0.2) is 9.49 Å². The number of rotatable bonds is 3. The average Bonchev–Trinajstić information content (AvgIpc) is 3.11. The molecule has 6 nitrogen and oxygen atoms in total. The average molecular weight is 419 g/mol. The van der Waals surface area contributed by atoms with Crippen LogP contribution in [0.4, 0.5) is 4.39 Å². The Morgan fingerprint density at radius 2 is 2.10 bits per heavy atom. The molecule has 0 aliphatic rings. The predicted molar refractivity (Wildman–Crippen MR) is 114 cm³/mol. The number of nitrogens with one attached hydrogen (secondary N) is 1. The van der Waals surface area contributed by atoms with Gasteiger partial charge in [0.1, 0.15) is 5.82 Å². The van der Waals surface area contributed by atoms with Gasteiger partial charge in [0.25, 0.3) is 5.56 Å². The summed E-state index contributed by atoms with van der Waals surface area (Å²) in [5.41, 5.74) is 2.96. The normalized spacial score (nSPS) is 11.6. The van der Waals surface area contributed by atoms with Crippen molar-refractivity contribution in [2.24, 2.45) is 7.05 Å². The monoisotopic (exact) mass is 418 g/mol. The Bertz CT molecular complexity index is 1430. The summed E-state index contributed by atoms with van der Waals surface area (Å²) in [4.78, 5) is 12.0. The van der Waals surface area contributed by atoms with E-state index in [9.17, 15) is 14.4 Å². The Morgan fingerprint density at radius 3 is 2.83 bits per heavy atom. The van der Waals surface area contributed by atoms with Crippen LogP contribution in [0.3, 0.4) is 0 Å². The first-order valence-corrected chi connectivity index (χ1v) is 9.21. The molecule has 147 valence electrons. The highest BCUT2D eigenvalue weighted by Gasteiger charge is 2.14. The van der Waals surface area contributed by atoms with Gasteiger partial charge in [-0.3, -0.25) is 9.48 Å². The lowest BCUT2D eigenvalue weighted by Crippen LogP contribution is -2.09. The minimum absolute atomic E-state index is 0.0130. The molecule has 4 rings (SSSR count). The molecule has 0 atom stereocenters. The maximum absolute atomic E-state index is 13.9. The third kappa shape index (κ3) is 3.38. The van der Waals surface area contributed by atoms with Crippen molar-refractivity contribution in [2.45, 2.75) is 0 Å². The van der Waals surface area contributed by atoms with E-state index in [0.717, 1.165) is 11.1 Å². The molecule has 0 amide bonds. The fraction of sp³-hybridized carbons (Fsp3) is 0.0455. The van der Waals surface area contributed by atoms with Gasteiger partial charge in [-0.05, 0) is 48.4 Å². The number of hydrogen-bond acceptors (Lipinski definition) is 4. The van der Waals surface area contributed by atoms with E-state index in [1.165, 1.54) is 12.1 Å². The van der Waals surface area contributed by atoms with Crippen molar-refractivity contribution in [2.75, 3.05) is 0 Å². The molecule has 2 aromatic carbocycles. The molecule has 0 saturated heterocycles. The number of H-pyrrole nitrogens is 1. The fourth-order valence-corrected chi connectivity index (χ4v) is 3.33. The van der Waals surface area contributed by atoms with Crippen LogP contribution in [-0.4, -0.2) is 20.0 Å². The topological polar surface area (TPSA) is 87.4 Å². The Hall–Kier alpha value is -3.76. The van der Waals surface area contributed by atoms with Crippen LogP contribution < -0.4 is 5.56 Å². The number of halogens is 2. The van der Waals surface area contributed by atoms with Crippen LogP contribution in [0.5, 0.6) is 0 Å². The van der Waals surface area contributed by atoms with Crippen LogP contribution in [0.2, 0.25) is 5.02 Å². The fourth-order valence-electron chi connectivity index (χ4n) is 3.21. The van der Waals surface area contributed by atoms with Gasteiger partial charge < -0.3 is 0 Å². The number of aromatic amines is 1. The maximum Gasteiger partial charge on any atom is 0.272 e. The summed E-state index contributed by atoms with van der Waals surface area (Å²) in [7, 11) is 1.74. The van der Waals surface area contributed by atoms with Crippen LogP contribution in [0.1, 0.15) is 17.0 Å². The molecular weight excluding hydrogens is 405 g/mol. The summed E-state index contributed by atoms with van der Waals surface area (Å²) in [6.45, 7) is 3.87. The van der Waals surface area contributed by atoms with Gasteiger partial charge >= 0.3 is 0 Å². The summed E-state index contributed by atoms with van der Waals surface area (Å²) in [6, 6.07) is 11.6. The number of hydrogen-bond donors (Lipinski definition) is 1. The Morgan fingerprint density at radius 1 is 1.30 bits per heavy atom. The lowest BCUT2D eigenvalue weighted by molar-refractivity contribution is 0.628. The van der Waals surface area contributed by atoms with Gasteiger partial charge in [-0.2, -0.15) is 15.5 Å². The van der Waals surface area contributed by atoms with Crippen molar-refractivity contribution in [1.82, 2.24) is 20.0 Å². The Kier molecular flexibility index (Phi) is 4.94. The van der Waals surface area contributed by atoms with Crippen molar-refractivity contribution in [3.05, 3.63) is 87.7 Å². The summed E-state index contributed by atoms with van der Waals surface area (Å²) in [5, 5.41) is 21.3. The molecular formula is C22H14ClFN5O. The van der Waals surface area contributed by atoms with Gasteiger partial charge in [0.2, 0.25) is 0 Å². The largest absolute Gasteiger partial charge is 0.272 e. The van der Waals surface area contributed by atoms with E-state index < -0.39 is 5.82 Å². The summed E-state index contributed by atoms with van der Waals surface area (Å²) >= 11 is 5.75. The zero-order valence-corrected chi connectivity index (χ0v) is 16.5. The second-order valence-electron chi connectivity index (χ2n) is 6.63. The minimum atomic E-state index is -0.601.